The Morgan fingerprint density at radius 1 is 1.00 bits per heavy atom. The summed E-state index contributed by atoms with van der Waals surface area (Å²) in [6.45, 7) is 17.9. The lowest BCUT2D eigenvalue weighted by Crippen LogP contribution is -2.66. The highest BCUT2D eigenvalue weighted by molar-refractivity contribution is 7.13. The molecular formula is C36H57N3O6S. The van der Waals surface area contributed by atoms with Crippen LogP contribution in [0.2, 0.25) is 0 Å². The zero-order chi connectivity index (χ0) is 33.5. The maximum Gasteiger partial charge on any atom is 0.306 e. The van der Waals surface area contributed by atoms with E-state index < -0.39 is 11.7 Å². The van der Waals surface area contributed by atoms with Gasteiger partial charge < -0.3 is 25.0 Å². The Balaban J connectivity index is 1.16. The van der Waals surface area contributed by atoms with Gasteiger partial charge in [-0.3, -0.25) is 9.59 Å². The summed E-state index contributed by atoms with van der Waals surface area (Å²) in [4.78, 5) is 25.3. The first-order chi connectivity index (χ1) is 21.3. The van der Waals surface area contributed by atoms with Crippen molar-refractivity contribution in [3.63, 3.8) is 0 Å². The maximum absolute atomic E-state index is 13.0. The van der Waals surface area contributed by atoms with E-state index in [1.54, 1.807) is 5.51 Å². The summed E-state index contributed by atoms with van der Waals surface area (Å²) in [5.41, 5.74) is 0.222. The van der Waals surface area contributed by atoms with Crippen LogP contribution < -0.4 is 5.32 Å². The molecule has 0 spiro atoms. The normalized spacial score (nSPS) is 45.0. The van der Waals surface area contributed by atoms with Gasteiger partial charge in [0, 0.05) is 11.8 Å². The van der Waals surface area contributed by atoms with Crippen molar-refractivity contribution in [1.82, 2.24) is 10.2 Å². The fourth-order valence-corrected chi connectivity index (χ4v) is 12.6. The SMILES string of the molecule is CC(C)(O)[C@@H]1CC[C@@](C)(C2CC[C@]3(C)[C@@H]2[C@H](O)C[C@@H]2[C@@]4(C)CC[C@H](OC(=O)CCC(=O)Nc5nncs5)C(C)(C)[C@@H]4CC[C@]23C)O1. The predicted molar refractivity (Wildman–Crippen MR) is 177 cm³/mol. The van der Waals surface area contributed by atoms with Gasteiger partial charge in [-0.25, -0.2) is 0 Å². The fourth-order valence-electron chi connectivity index (χ4n) is 12.1. The lowest BCUT2D eigenvalue weighted by molar-refractivity contribution is -0.251. The number of rotatable bonds is 7. The van der Waals surface area contributed by atoms with E-state index in [-0.39, 0.29) is 76.0 Å². The van der Waals surface area contributed by atoms with Crippen molar-refractivity contribution < 1.29 is 29.3 Å². The summed E-state index contributed by atoms with van der Waals surface area (Å²) >= 11 is 1.24. The van der Waals surface area contributed by atoms with Gasteiger partial charge in [-0.2, -0.15) is 0 Å². The predicted octanol–water partition coefficient (Wildman–Crippen LogP) is 6.53. The molecule has 1 aliphatic heterocycles. The summed E-state index contributed by atoms with van der Waals surface area (Å²) in [7, 11) is 0. The molecule has 1 unspecified atom stereocenters. The number of anilines is 1. The number of aliphatic hydroxyl groups excluding tert-OH is 1. The summed E-state index contributed by atoms with van der Waals surface area (Å²) in [5, 5.41) is 33.5. The van der Waals surface area contributed by atoms with E-state index in [0.29, 0.717) is 17.0 Å². The zero-order valence-electron chi connectivity index (χ0n) is 29.2. The van der Waals surface area contributed by atoms with Crippen molar-refractivity contribution in [2.45, 2.75) is 156 Å². The van der Waals surface area contributed by atoms with Gasteiger partial charge in [0.15, 0.2) is 0 Å². The first kappa shape index (κ1) is 34.3. The number of hydrogen-bond acceptors (Lipinski definition) is 9. The molecule has 258 valence electrons. The van der Waals surface area contributed by atoms with Gasteiger partial charge in [-0.05, 0) is 118 Å². The van der Waals surface area contributed by atoms with Crippen molar-refractivity contribution in [2.75, 3.05) is 5.32 Å². The third-order valence-corrected chi connectivity index (χ3v) is 15.3. The Morgan fingerprint density at radius 3 is 2.37 bits per heavy atom. The molecule has 5 aliphatic rings. The van der Waals surface area contributed by atoms with Crippen molar-refractivity contribution in [3.8, 4) is 0 Å². The van der Waals surface area contributed by atoms with E-state index in [9.17, 15) is 19.8 Å². The molecule has 1 aromatic heterocycles. The topological polar surface area (TPSA) is 131 Å². The number of aromatic nitrogens is 2. The van der Waals surface area contributed by atoms with Crippen LogP contribution in [0.5, 0.6) is 0 Å². The Morgan fingerprint density at radius 2 is 1.72 bits per heavy atom. The number of carbonyl (C=O) groups is 2. The molecule has 6 rings (SSSR count). The van der Waals surface area contributed by atoms with Gasteiger partial charge in [-0.1, -0.05) is 46.0 Å². The summed E-state index contributed by atoms with van der Waals surface area (Å²) < 4.78 is 12.9. The lowest BCUT2D eigenvalue weighted by atomic mass is 9.35. The van der Waals surface area contributed by atoms with Crippen molar-refractivity contribution in [3.05, 3.63) is 5.51 Å². The second-order valence-electron chi connectivity index (χ2n) is 17.7. The van der Waals surface area contributed by atoms with E-state index in [1.165, 1.54) is 11.3 Å². The first-order valence-corrected chi connectivity index (χ1v) is 18.6. The maximum atomic E-state index is 13.0. The van der Waals surface area contributed by atoms with Crippen LogP contribution in [0.1, 0.15) is 126 Å². The Kier molecular flexibility index (Phi) is 8.55. The minimum Gasteiger partial charge on any atom is -0.462 e. The molecule has 2 heterocycles. The van der Waals surface area contributed by atoms with Crippen LogP contribution in [0, 0.1) is 45.3 Å². The molecule has 4 aliphatic carbocycles. The molecule has 4 saturated carbocycles. The van der Waals surface area contributed by atoms with Gasteiger partial charge in [0.2, 0.25) is 11.0 Å². The van der Waals surface area contributed by atoms with Crippen LogP contribution in [0.15, 0.2) is 5.51 Å². The molecule has 3 N–H and O–H groups in total. The number of ether oxygens (including phenoxy) is 2. The van der Waals surface area contributed by atoms with Gasteiger partial charge in [0.05, 0.1) is 29.8 Å². The molecule has 11 atom stereocenters. The average Bonchev–Trinajstić information content (AvgIpc) is 3.71. The highest BCUT2D eigenvalue weighted by atomic mass is 32.1. The number of nitrogens with one attached hydrogen (secondary N) is 1. The smallest absolute Gasteiger partial charge is 0.306 e. The number of fused-ring (bicyclic) bond motifs is 5. The van der Waals surface area contributed by atoms with Gasteiger partial charge in [0.25, 0.3) is 0 Å². The van der Waals surface area contributed by atoms with Crippen LogP contribution in [-0.2, 0) is 19.1 Å². The molecule has 46 heavy (non-hydrogen) atoms. The molecule has 1 amide bonds. The quantitative estimate of drug-likeness (QED) is 0.282. The van der Waals surface area contributed by atoms with E-state index in [1.807, 2.05) is 13.8 Å². The standard InChI is InChI=1S/C36H57N3O6S/c1-31(2)23-12-17-34(6)24(33(23,5)15-13-25(31)44-28(42)10-9-27(41)38-30-39-37-20-46-30)19-22(40)29-21(11-16-35(29,34)7)36(8)18-14-26(45-36)32(3,4)43/h20-26,29,40,43H,9-19H2,1-8H3,(H,38,39,41)/t21?,22-,23+,24-,25+,26+,29+,33+,34-,35-,36+/m1/s1. The molecular weight excluding hydrogens is 602 g/mol. The number of nitrogens with zero attached hydrogens (tertiary/aromatic N) is 2. The minimum absolute atomic E-state index is 0.00407. The number of hydrogen-bond donors (Lipinski definition) is 3. The molecule has 10 heteroatoms. The van der Waals surface area contributed by atoms with Crippen LogP contribution >= 0.6 is 11.3 Å². The van der Waals surface area contributed by atoms with Gasteiger partial charge in [0.1, 0.15) is 11.6 Å². The van der Waals surface area contributed by atoms with Crippen LogP contribution in [0.25, 0.3) is 0 Å². The van der Waals surface area contributed by atoms with Crippen molar-refractivity contribution in [1.29, 1.82) is 0 Å². The van der Waals surface area contributed by atoms with E-state index in [2.05, 4.69) is 57.1 Å². The summed E-state index contributed by atoms with van der Waals surface area (Å²) in [5.74, 6) is 0.583. The lowest BCUT2D eigenvalue weighted by Gasteiger charge is -2.70. The fraction of sp³-hybridized carbons (Fsp3) is 0.889. The highest BCUT2D eigenvalue weighted by Crippen LogP contribution is 2.76. The molecule has 9 nitrogen and oxygen atoms in total. The highest BCUT2D eigenvalue weighted by Gasteiger charge is 2.72. The van der Waals surface area contributed by atoms with Crippen LogP contribution in [-0.4, -0.2) is 61.8 Å². The zero-order valence-corrected chi connectivity index (χ0v) is 30.0. The van der Waals surface area contributed by atoms with Gasteiger partial charge in [-0.15, -0.1) is 10.2 Å². The van der Waals surface area contributed by atoms with Crippen molar-refractivity contribution in [2.24, 2.45) is 45.3 Å². The molecule has 1 aromatic rings. The molecule has 0 radical (unpaired) electrons. The number of aliphatic hydroxyl groups is 2. The Labute approximate surface area is 279 Å². The van der Waals surface area contributed by atoms with E-state index in [4.69, 9.17) is 9.47 Å². The molecule has 5 fully saturated rings. The number of carbonyl (C=O) groups excluding carboxylic acids is 2. The minimum atomic E-state index is -0.872. The second-order valence-corrected chi connectivity index (χ2v) is 18.5. The Hall–Kier alpha value is -1.62. The van der Waals surface area contributed by atoms with Gasteiger partial charge >= 0.3 is 5.97 Å². The Bertz CT molecular complexity index is 1320. The average molecular weight is 660 g/mol. The summed E-state index contributed by atoms with van der Waals surface area (Å²) in [6.07, 6.45) is 7.97. The third kappa shape index (κ3) is 5.36. The van der Waals surface area contributed by atoms with Crippen molar-refractivity contribution >= 4 is 28.3 Å². The first-order valence-electron chi connectivity index (χ1n) is 17.7. The monoisotopic (exact) mass is 659 g/mol. The van der Waals surface area contributed by atoms with Crippen LogP contribution in [0.3, 0.4) is 0 Å². The van der Waals surface area contributed by atoms with E-state index in [0.717, 1.165) is 57.8 Å². The van der Waals surface area contributed by atoms with E-state index >= 15 is 0 Å². The number of esters is 1. The summed E-state index contributed by atoms with van der Waals surface area (Å²) in [6, 6.07) is 0. The third-order valence-electron chi connectivity index (χ3n) is 14.6. The number of amides is 1. The molecule has 0 aromatic carbocycles. The molecule has 1 saturated heterocycles. The molecule has 0 bridgehead atoms. The van der Waals surface area contributed by atoms with Crippen LogP contribution in [0.4, 0.5) is 5.13 Å². The largest absolute Gasteiger partial charge is 0.462 e. The second kappa shape index (κ2) is 11.5.